The molecule has 1 aliphatic rings. The first-order chi connectivity index (χ1) is 18.3. The highest BCUT2D eigenvalue weighted by Crippen LogP contribution is 2.26. The maximum absolute atomic E-state index is 12.4. The normalized spacial score (nSPS) is 16.0. The molecule has 1 saturated heterocycles. The van der Waals surface area contributed by atoms with Gasteiger partial charge in [-0.2, -0.15) is 5.10 Å². The highest BCUT2D eigenvalue weighted by Gasteiger charge is 2.32. The molecular weight excluding hydrogens is 598 g/mol. The van der Waals surface area contributed by atoms with Crippen LogP contribution in [0.5, 0.6) is 5.75 Å². The smallest absolute Gasteiger partial charge is 0.270 e. The van der Waals surface area contributed by atoms with Gasteiger partial charge in [-0.25, -0.2) is 0 Å². The van der Waals surface area contributed by atoms with Gasteiger partial charge in [-0.1, -0.05) is 57.5 Å². The first-order valence-corrected chi connectivity index (χ1v) is 13.1. The highest BCUT2D eigenvalue weighted by molar-refractivity contribution is 9.10. The summed E-state index contributed by atoms with van der Waals surface area (Å²) in [5.41, 5.74) is 1.53. The van der Waals surface area contributed by atoms with Crippen molar-refractivity contribution in [1.29, 1.82) is 0 Å². The lowest BCUT2D eigenvalue weighted by molar-refractivity contribution is -0.384. The van der Waals surface area contributed by atoms with Gasteiger partial charge in [0.1, 0.15) is 17.6 Å². The topological polar surface area (TPSA) is 135 Å². The third-order valence-corrected chi connectivity index (χ3v) is 7.14. The molecule has 0 radical (unpaired) electrons. The molecular formula is C25H19BrClN5O5S. The number of benzene rings is 3. The minimum atomic E-state index is -0.674. The van der Waals surface area contributed by atoms with Crippen LogP contribution >= 0.6 is 39.3 Å². The van der Waals surface area contributed by atoms with E-state index >= 15 is 0 Å². The third kappa shape index (κ3) is 7.40. The number of hydrogen-bond acceptors (Lipinski definition) is 8. The van der Waals surface area contributed by atoms with E-state index in [2.05, 4.69) is 36.8 Å². The fraction of sp³-hybridized carbons (Fsp3) is 0.120. The van der Waals surface area contributed by atoms with Gasteiger partial charge in [0.15, 0.2) is 5.17 Å². The van der Waals surface area contributed by atoms with E-state index in [1.165, 1.54) is 24.4 Å². The van der Waals surface area contributed by atoms with Crippen molar-refractivity contribution in [2.24, 2.45) is 10.2 Å². The number of non-ortho nitro benzene ring substituents is 1. The van der Waals surface area contributed by atoms with Gasteiger partial charge in [0.05, 0.1) is 11.1 Å². The standard InChI is InChI=1S/C25H19BrClN5O5S/c26-17-5-7-18(8-6-17)29-23(33)12-22-24(34)30-25(38-22)31-28-13-16-11-19(32(35)36)9-10-21(16)37-14-15-3-1-2-4-20(15)27/h1-11,13,22H,12,14H2,(H,29,33)(H,30,31,34)/b28-13+. The van der Waals surface area contributed by atoms with Crippen molar-refractivity contribution in [3.05, 3.63) is 97.5 Å². The molecule has 1 fully saturated rings. The highest BCUT2D eigenvalue weighted by atomic mass is 79.9. The number of thioether (sulfide) groups is 1. The third-order valence-electron chi connectivity index (χ3n) is 5.17. The molecule has 1 atom stereocenters. The number of halogens is 2. The van der Waals surface area contributed by atoms with Crippen LogP contribution in [-0.2, 0) is 16.2 Å². The van der Waals surface area contributed by atoms with E-state index in [4.69, 9.17) is 16.3 Å². The van der Waals surface area contributed by atoms with Crippen LogP contribution in [0, 0.1) is 10.1 Å². The molecule has 0 spiro atoms. The summed E-state index contributed by atoms with van der Waals surface area (Å²) in [4.78, 5) is 35.4. The number of carbonyl (C=O) groups is 2. The summed E-state index contributed by atoms with van der Waals surface area (Å²) in [5, 5.41) is 24.6. The molecule has 1 unspecified atom stereocenters. The molecule has 0 aromatic heterocycles. The first kappa shape index (κ1) is 27.3. The van der Waals surface area contributed by atoms with Gasteiger partial charge in [-0.05, 0) is 36.4 Å². The molecule has 1 aliphatic heterocycles. The largest absolute Gasteiger partial charge is 0.488 e. The maximum atomic E-state index is 12.4. The first-order valence-electron chi connectivity index (χ1n) is 11.1. The van der Waals surface area contributed by atoms with E-state index in [1.54, 1.807) is 36.4 Å². The lowest BCUT2D eigenvalue weighted by Crippen LogP contribution is -2.28. The van der Waals surface area contributed by atoms with Crippen molar-refractivity contribution in [2.75, 3.05) is 5.32 Å². The number of amides is 2. The van der Waals surface area contributed by atoms with Crippen LogP contribution in [0.1, 0.15) is 17.5 Å². The summed E-state index contributed by atoms with van der Waals surface area (Å²) in [6, 6.07) is 18.3. The molecule has 10 nitrogen and oxygen atoms in total. The van der Waals surface area contributed by atoms with E-state index in [1.807, 2.05) is 12.1 Å². The van der Waals surface area contributed by atoms with E-state index in [-0.39, 0.29) is 35.7 Å². The van der Waals surface area contributed by atoms with Gasteiger partial charge >= 0.3 is 0 Å². The molecule has 194 valence electrons. The number of nitro groups is 1. The summed E-state index contributed by atoms with van der Waals surface area (Å²) in [6.45, 7) is 0.142. The van der Waals surface area contributed by atoms with Gasteiger partial charge in [0.25, 0.3) is 5.69 Å². The van der Waals surface area contributed by atoms with Crippen molar-refractivity contribution in [2.45, 2.75) is 18.3 Å². The minimum absolute atomic E-state index is 0.0553. The van der Waals surface area contributed by atoms with Crippen molar-refractivity contribution < 1.29 is 19.2 Å². The van der Waals surface area contributed by atoms with Gasteiger partial charge < -0.3 is 15.4 Å². The van der Waals surface area contributed by atoms with Crippen LogP contribution in [0.4, 0.5) is 11.4 Å². The summed E-state index contributed by atoms with van der Waals surface area (Å²) < 4.78 is 6.71. The summed E-state index contributed by atoms with van der Waals surface area (Å²) in [7, 11) is 0. The molecule has 38 heavy (non-hydrogen) atoms. The molecule has 4 rings (SSSR count). The number of nitrogens with zero attached hydrogens (tertiary/aromatic N) is 3. The Balaban J connectivity index is 1.41. The van der Waals surface area contributed by atoms with Crippen LogP contribution in [0.3, 0.4) is 0 Å². The Labute approximate surface area is 234 Å². The molecule has 3 aromatic rings. The number of amidine groups is 1. The fourth-order valence-electron chi connectivity index (χ4n) is 3.30. The van der Waals surface area contributed by atoms with Gasteiger partial charge in [-0.3, -0.25) is 19.7 Å². The lowest BCUT2D eigenvalue weighted by Gasteiger charge is -2.10. The number of nitro benzene ring substituents is 1. The molecule has 3 aromatic carbocycles. The monoisotopic (exact) mass is 615 g/mol. The Morgan fingerprint density at radius 3 is 2.71 bits per heavy atom. The van der Waals surface area contributed by atoms with Crippen molar-refractivity contribution in [3.63, 3.8) is 0 Å². The molecule has 0 saturated carbocycles. The number of anilines is 1. The average molecular weight is 617 g/mol. The number of rotatable bonds is 9. The number of hydrogen-bond donors (Lipinski definition) is 2. The molecule has 2 amide bonds. The van der Waals surface area contributed by atoms with E-state index in [9.17, 15) is 19.7 Å². The summed E-state index contributed by atoms with van der Waals surface area (Å²) in [5.74, 6) is -0.347. The van der Waals surface area contributed by atoms with E-state index in [0.29, 0.717) is 22.0 Å². The van der Waals surface area contributed by atoms with E-state index in [0.717, 1.165) is 21.8 Å². The zero-order chi connectivity index (χ0) is 27.1. The van der Waals surface area contributed by atoms with Gasteiger partial charge in [0, 0.05) is 44.9 Å². The number of ether oxygens (including phenoxy) is 1. The molecule has 2 N–H and O–H groups in total. The number of carbonyl (C=O) groups excluding carboxylic acids is 2. The summed E-state index contributed by atoms with van der Waals surface area (Å²) >= 11 is 10.6. The average Bonchev–Trinajstić information content (AvgIpc) is 3.23. The predicted octanol–water partition coefficient (Wildman–Crippen LogP) is 5.54. The Bertz CT molecular complexity index is 1430. The molecule has 0 aliphatic carbocycles. The molecule has 1 heterocycles. The lowest BCUT2D eigenvalue weighted by atomic mass is 10.2. The van der Waals surface area contributed by atoms with Crippen LogP contribution in [0.2, 0.25) is 5.02 Å². The quantitative estimate of drug-likeness (QED) is 0.184. The van der Waals surface area contributed by atoms with Crippen LogP contribution in [0.25, 0.3) is 0 Å². The van der Waals surface area contributed by atoms with Crippen molar-refractivity contribution in [1.82, 2.24) is 5.32 Å². The summed E-state index contributed by atoms with van der Waals surface area (Å²) in [6.07, 6.45) is 1.24. The van der Waals surface area contributed by atoms with Gasteiger partial charge in [-0.15, -0.1) is 5.10 Å². The van der Waals surface area contributed by atoms with Crippen molar-refractivity contribution in [3.8, 4) is 5.75 Å². The Morgan fingerprint density at radius 2 is 1.97 bits per heavy atom. The van der Waals surface area contributed by atoms with Crippen molar-refractivity contribution >= 4 is 73.9 Å². The zero-order valence-electron chi connectivity index (χ0n) is 19.5. The molecule has 0 bridgehead atoms. The SMILES string of the molecule is O=C(CC1S/C(=N/N=C/c2cc([N+](=O)[O-])ccc2OCc2ccccc2Cl)NC1=O)Nc1ccc(Br)cc1. The Kier molecular flexibility index (Phi) is 9.10. The predicted molar refractivity (Wildman–Crippen MR) is 151 cm³/mol. The second-order valence-corrected chi connectivity index (χ2v) is 10.4. The second-order valence-electron chi connectivity index (χ2n) is 7.86. The maximum Gasteiger partial charge on any atom is 0.270 e. The van der Waals surface area contributed by atoms with Crippen LogP contribution < -0.4 is 15.4 Å². The second kappa shape index (κ2) is 12.7. The fourth-order valence-corrected chi connectivity index (χ4v) is 4.67. The van der Waals surface area contributed by atoms with Gasteiger partial charge in [0.2, 0.25) is 11.8 Å². The van der Waals surface area contributed by atoms with E-state index < -0.39 is 10.2 Å². The van der Waals surface area contributed by atoms with Crippen LogP contribution in [0.15, 0.2) is 81.4 Å². The van der Waals surface area contributed by atoms with Crippen LogP contribution in [-0.4, -0.2) is 33.4 Å². The number of nitrogens with one attached hydrogen (secondary N) is 2. The minimum Gasteiger partial charge on any atom is -0.488 e. The Hall–Kier alpha value is -3.74. The molecule has 13 heteroatoms. The zero-order valence-corrected chi connectivity index (χ0v) is 22.6. The Morgan fingerprint density at radius 1 is 1.21 bits per heavy atom.